The Morgan fingerprint density at radius 3 is 2.74 bits per heavy atom. The molecule has 0 bridgehead atoms. The Morgan fingerprint density at radius 2 is 1.90 bits per heavy atom. The maximum absolute atomic E-state index is 13.2. The number of morpholine rings is 1. The zero-order valence-electron chi connectivity index (χ0n) is 16.9. The first kappa shape index (κ1) is 19.5. The third kappa shape index (κ3) is 4.52. The van der Waals surface area contributed by atoms with Crippen molar-refractivity contribution in [2.45, 2.75) is 19.2 Å². The highest BCUT2D eigenvalue weighted by molar-refractivity contribution is 5.84. The summed E-state index contributed by atoms with van der Waals surface area (Å²) in [6.45, 7) is 3.51. The number of rotatable bonds is 6. The number of hydrogen-bond acceptors (Lipinski definition) is 7. The van der Waals surface area contributed by atoms with Gasteiger partial charge in [0.25, 0.3) is 0 Å². The lowest BCUT2D eigenvalue weighted by Crippen LogP contribution is -2.43. The van der Waals surface area contributed by atoms with E-state index >= 15 is 0 Å². The minimum absolute atomic E-state index is 0.0420. The predicted molar refractivity (Wildman–Crippen MR) is 114 cm³/mol. The number of aromatic nitrogens is 5. The Kier molecular flexibility index (Phi) is 5.51. The van der Waals surface area contributed by atoms with Gasteiger partial charge in [0.2, 0.25) is 0 Å². The van der Waals surface area contributed by atoms with Crippen molar-refractivity contribution in [2.24, 2.45) is 0 Å². The van der Waals surface area contributed by atoms with Crippen LogP contribution in [0.25, 0.3) is 11.2 Å². The van der Waals surface area contributed by atoms with Crippen molar-refractivity contribution >= 4 is 22.7 Å². The molecule has 0 spiro atoms. The minimum Gasteiger partial charge on any atom is -0.374 e. The van der Waals surface area contributed by atoms with E-state index in [4.69, 9.17) is 4.74 Å². The van der Waals surface area contributed by atoms with E-state index in [1.807, 2.05) is 42.5 Å². The fraction of sp³-hybridized carbons (Fsp3) is 0.273. The molecule has 1 N–H and O–H groups in total. The maximum atomic E-state index is 13.2. The topological polar surface area (TPSA) is 81.0 Å². The first-order chi connectivity index (χ1) is 15.2. The highest BCUT2D eigenvalue weighted by Crippen LogP contribution is 2.21. The number of nitrogens with zero attached hydrogens (tertiary/aromatic N) is 6. The van der Waals surface area contributed by atoms with Crippen LogP contribution in [0.5, 0.6) is 0 Å². The van der Waals surface area contributed by atoms with E-state index in [0.29, 0.717) is 30.1 Å². The molecule has 0 saturated carbocycles. The molecule has 2 aromatic carbocycles. The molecule has 4 aromatic rings. The van der Waals surface area contributed by atoms with Gasteiger partial charge in [0.15, 0.2) is 17.0 Å². The van der Waals surface area contributed by atoms with Gasteiger partial charge in [-0.15, -0.1) is 5.10 Å². The van der Waals surface area contributed by atoms with Crippen LogP contribution in [0.4, 0.5) is 15.9 Å². The molecule has 1 saturated heterocycles. The smallest absolute Gasteiger partial charge is 0.183 e. The summed E-state index contributed by atoms with van der Waals surface area (Å²) in [5.41, 5.74) is 3.28. The average Bonchev–Trinajstić information content (AvgIpc) is 3.20. The summed E-state index contributed by atoms with van der Waals surface area (Å²) in [6.07, 6.45) is 1.47. The standard InChI is InChI=1S/C22H22FN7O/c23-17-8-6-16(7-9-17)12-29-10-11-31-19(13-29)14-30-22-20(27-28-30)21(24-15-25-22)26-18-4-2-1-3-5-18/h1-9,15,19H,10-14H2,(H,24,25,26). The van der Waals surface area contributed by atoms with Crippen LogP contribution in [0.1, 0.15) is 5.56 Å². The maximum Gasteiger partial charge on any atom is 0.183 e. The van der Waals surface area contributed by atoms with Gasteiger partial charge in [0, 0.05) is 25.3 Å². The molecule has 8 nitrogen and oxygen atoms in total. The molecule has 5 rings (SSSR count). The van der Waals surface area contributed by atoms with Gasteiger partial charge < -0.3 is 10.1 Å². The quantitative estimate of drug-likeness (QED) is 0.515. The number of benzene rings is 2. The van der Waals surface area contributed by atoms with Crippen molar-refractivity contribution in [3.63, 3.8) is 0 Å². The molecule has 1 unspecified atom stereocenters. The third-order valence-electron chi connectivity index (χ3n) is 5.26. The Bertz CT molecular complexity index is 1150. The number of para-hydroxylation sites is 1. The van der Waals surface area contributed by atoms with Gasteiger partial charge in [-0.2, -0.15) is 0 Å². The number of hydrogen-bond donors (Lipinski definition) is 1. The largest absolute Gasteiger partial charge is 0.374 e. The van der Waals surface area contributed by atoms with E-state index in [2.05, 4.69) is 30.5 Å². The van der Waals surface area contributed by atoms with Crippen molar-refractivity contribution in [1.82, 2.24) is 29.9 Å². The van der Waals surface area contributed by atoms with Gasteiger partial charge >= 0.3 is 0 Å². The van der Waals surface area contributed by atoms with Crippen LogP contribution >= 0.6 is 0 Å². The van der Waals surface area contributed by atoms with E-state index < -0.39 is 0 Å². The van der Waals surface area contributed by atoms with Gasteiger partial charge in [-0.3, -0.25) is 4.90 Å². The second kappa shape index (κ2) is 8.75. The Hall–Kier alpha value is -3.43. The van der Waals surface area contributed by atoms with Crippen molar-refractivity contribution in [2.75, 3.05) is 25.0 Å². The van der Waals surface area contributed by atoms with Crippen molar-refractivity contribution in [1.29, 1.82) is 0 Å². The van der Waals surface area contributed by atoms with Gasteiger partial charge in [-0.1, -0.05) is 35.5 Å². The summed E-state index contributed by atoms with van der Waals surface area (Å²) in [5.74, 6) is 0.398. The summed E-state index contributed by atoms with van der Waals surface area (Å²) in [4.78, 5) is 11.0. The molecule has 1 atom stereocenters. The molecule has 31 heavy (non-hydrogen) atoms. The average molecular weight is 419 g/mol. The molecule has 2 aromatic heterocycles. The van der Waals surface area contributed by atoms with E-state index in [1.165, 1.54) is 18.5 Å². The number of ether oxygens (including phenoxy) is 1. The molecular formula is C22H22FN7O. The minimum atomic E-state index is -0.218. The normalized spacial score (nSPS) is 17.1. The zero-order valence-corrected chi connectivity index (χ0v) is 16.9. The Balaban J connectivity index is 1.29. The summed E-state index contributed by atoms with van der Waals surface area (Å²) < 4.78 is 20.9. The molecule has 1 aliphatic rings. The molecular weight excluding hydrogens is 397 g/mol. The first-order valence-electron chi connectivity index (χ1n) is 10.2. The summed E-state index contributed by atoms with van der Waals surface area (Å²) in [6, 6.07) is 16.4. The molecule has 0 aliphatic carbocycles. The van der Waals surface area contributed by atoms with Gasteiger partial charge in [0.05, 0.1) is 19.3 Å². The van der Waals surface area contributed by atoms with Crippen molar-refractivity contribution in [3.8, 4) is 0 Å². The first-order valence-corrected chi connectivity index (χ1v) is 10.2. The molecule has 0 amide bonds. The molecule has 0 radical (unpaired) electrons. The second-order valence-electron chi connectivity index (χ2n) is 7.51. The summed E-state index contributed by atoms with van der Waals surface area (Å²) in [7, 11) is 0. The van der Waals surface area contributed by atoms with E-state index in [0.717, 1.165) is 30.9 Å². The van der Waals surface area contributed by atoms with Crippen LogP contribution in [0.2, 0.25) is 0 Å². The lowest BCUT2D eigenvalue weighted by Gasteiger charge is -2.32. The van der Waals surface area contributed by atoms with Gasteiger partial charge in [-0.05, 0) is 29.8 Å². The zero-order chi connectivity index (χ0) is 21.0. The predicted octanol–water partition coefficient (Wildman–Crippen LogP) is 3.01. The van der Waals surface area contributed by atoms with Crippen LogP contribution in [0.3, 0.4) is 0 Å². The fourth-order valence-electron chi connectivity index (χ4n) is 3.74. The summed E-state index contributed by atoms with van der Waals surface area (Å²) >= 11 is 0. The van der Waals surface area contributed by atoms with E-state index in [-0.39, 0.29) is 11.9 Å². The number of fused-ring (bicyclic) bond motifs is 1. The molecule has 158 valence electrons. The SMILES string of the molecule is Fc1ccc(CN2CCOC(Cn3nnc4c(Nc5ccccc5)ncnc43)C2)cc1. The third-order valence-corrected chi connectivity index (χ3v) is 5.26. The van der Waals surface area contributed by atoms with Gasteiger partial charge in [-0.25, -0.2) is 19.0 Å². The lowest BCUT2D eigenvalue weighted by atomic mass is 10.2. The number of anilines is 2. The second-order valence-corrected chi connectivity index (χ2v) is 7.51. The molecule has 1 fully saturated rings. The van der Waals surface area contributed by atoms with E-state index in [1.54, 1.807) is 4.68 Å². The van der Waals surface area contributed by atoms with Crippen LogP contribution in [-0.4, -0.2) is 55.7 Å². The molecule has 3 heterocycles. The lowest BCUT2D eigenvalue weighted by molar-refractivity contribution is -0.0399. The highest BCUT2D eigenvalue weighted by atomic mass is 19.1. The number of nitrogens with one attached hydrogen (secondary N) is 1. The fourth-order valence-corrected chi connectivity index (χ4v) is 3.74. The van der Waals surface area contributed by atoms with Crippen molar-refractivity contribution < 1.29 is 9.13 Å². The molecule has 9 heteroatoms. The Labute approximate surface area is 178 Å². The number of halogens is 1. The van der Waals surface area contributed by atoms with Crippen LogP contribution in [-0.2, 0) is 17.8 Å². The van der Waals surface area contributed by atoms with Crippen LogP contribution in [0.15, 0.2) is 60.9 Å². The monoisotopic (exact) mass is 419 g/mol. The molecule has 1 aliphatic heterocycles. The van der Waals surface area contributed by atoms with E-state index in [9.17, 15) is 4.39 Å². The summed E-state index contributed by atoms with van der Waals surface area (Å²) in [5, 5.41) is 11.9. The van der Waals surface area contributed by atoms with Gasteiger partial charge in [0.1, 0.15) is 12.1 Å². The Morgan fingerprint density at radius 1 is 1.06 bits per heavy atom. The van der Waals surface area contributed by atoms with Crippen LogP contribution < -0.4 is 5.32 Å². The van der Waals surface area contributed by atoms with Crippen LogP contribution in [0, 0.1) is 5.82 Å². The highest BCUT2D eigenvalue weighted by Gasteiger charge is 2.23. The van der Waals surface area contributed by atoms with Crippen molar-refractivity contribution in [3.05, 3.63) is 72.3 Å².